The topological polar surface area (TPSA) is 114 Å². The van der Waals surface area contributed by atoms with Crippen LogP contribution in [0.1, 0.15) is 22.3 Å². The number of carbonyl (C=O) groups excluding carboxylic acids is 1. The Hall–Kier alpha value is -4.64. The predicted molar refractivity (Wildman–Crippen MR) is 129 cm³/mol. The standard InChI is InChI=1S/C26H23N3O5/c1-17-8-7-11-22(18(17)2)28-26(30)21(15-27)12-20-13-24(33-3)25(14-23(20)29(31)32)34-16-19-9-5-4-6-10-19/h4-14H,16H2,1-3H3,(H,28,30)/b21-12+. The molecule has 0 saturated carbocycles. The molecule has 172 valence electrons. The third kappa shape index (κ3) is 5.58. The number of aryl methyl sites for hydroxylation is 1. The average molecular weight is 457 g/mol. The number of benzene rings is 3. The van der Waals surface area contributed by atoms with Crippen LogP contribution in [-0.2, 0) is 11.4 Å². The molecule has 0 radical (unpaired) electrons. The highest BCUT2D eigenvalue weighted by Gasteiger charge is 2.21. The van der Waals surface area contributed by atoms with Gasteiger partial charge in [0.15, 0.2) is 11.5 Å². The summed E-state index contributed by atoms with van der Waals surface area (Å²) < 4.78 is 11.1. The second kappa shape index (κ2) is 10.8. The summed E-state index contributed by atoms with van der Waals surface area (Å²) in [6.45, 7) is 3.94. The number of nitrogens with zero attached hydrogens (tertiary/aromatic N) is 2. The lowest BCUT2D eigenvalue weighted by Crippen LogP contribution is -2.14. The number of ether oxygens (including phenoxy) is 2. The van der Waals surface area contributed by atoms with Crippen LogP contribution in [0.2, 0.25) is 0 Å². The van der Waals surface area contributed by atoms with E-state index in [4.69, 9.17) is 9.47 Å². The van der Waals surface area contributed by atoms with E-state index in [-0.39, 0.29) is 34.9 Å². The Balaban J connectivity index is 1.94. The molecular weight excluding hydrogens is 434 g/mol. The van der Waals surface area contributed by atoms with Crippen molar-refractivity contribution >= 4 is 23.4 Å². The maximum absolute atomic E-state index is 12.7. The van der Waals surface area contributed by atoms with Crippen molar-refractivity contribution in [3.8, 4) is 17.6 Å². The Morgan fingerprint density at radius 3 is 2.50 bits per heavy atom. The molecule has 3 aromatic rings. The summed E-state index contributed by atoms with van der Waals surface area (Å²) in [6.07, 6.45) is 1.17. The minimum absolute atomic E-state index is 0.0431. The molecule has 3 aromatic carbocycles. The lowest BCUT2D eigenvalue weighted by Gasteiger charge is -2.12. The number of hydrogen-bond acceptors (Lipinski definition) is 6. The van der Waals surface area contributed by atoms with Gasteiger partial charge in [0.2, 0.25) is 0 Å². The molecule has 0 aromatic heterocycles. The SMILES string of the molecule is COc1cc(/C=C(\C#N)C(=O)Nc2cccc(C)c2C)c([N+](=O)[O-])cc1OCc1ccccc1. The van der Waals surface area contributed by atoms with E-state index in [9.17, 15) is 20.2 Å². The lowest BCUT2D eigenvalue weighted by molar-refractivity contribution is -0.385. The molecule has 8 nitrogen and oxygen atoms in total. The van der Waals surface area contributed by atoms with E-state index in [0.29, 0.717) is 5.69 Å². The van der Waals surface area contributed by atoms with E-state index >= 15 is 0 Å². The number of nitro benzene ring substituents is 1. The summed E-state index contributed by atoms with van der Waals surface area (Å²) in [5.41, 5.74) is 2.71. The molecule has 0 aliphatic rings. The van der Waals surface area contributed by atoms with E-state index in [0.717, 1.165) is 16.7 Å². The van der Waals surface area contributed by atoms with E-state index in [1.54, 1.807) is 12.1 Å². The first-order chi connectivity index (χ1) is 16.3. The monoisotopic (exact) mass is 457 g/mol. The van der Waals surface area contributed by atoms with Gasteiger partial charge in [0.1, 0.15) is 18.2 Å². The van der Waals surface area contributed by atoms with Crippen LogP contribution in [-0.4, -0.2) is 17.9 Å². The molecule has 0 spiro atoms. The highest BCUT2D eigenvalue weighted by Crippen LogP contribution is 2.36. The Bertz CT molecular complexity index is 1290. The number of rotatable bonds is 8. The van der Waals surface area contributed by atoms with Crippen LogP contribution in [0.3, 0.4) is 0 Å². The number of nitriles is 1. The molecule has 3 rings (SSSR count). The molecule has 1 amide bonds. The van der Waals surface area contributed by atoms with Crippen molar-refractivity contribution in [1.82, 2.24) is 0 Å². The van der Waals surface area contributed by atoms with Gasteiger partial charge >= 0.3 is 0 Å². The summed E-state index contributed by atoms with van der Waals surface area (Å²) in [5.74, 6) is -0.262. The van der Waals surface area contributed by atoms with E-state index in [1.807, 2.05) is 56.3 Å². The van der Waals surface area contributed by atoms with Gasteiger partial charge in [-0.25, -0.2) is 0 Å². The Kier molecular flexibility index (Phi) is 7.62. The number of nitro groups is 1. The second-order valence-electron chi connectivity index (χ2n) is 7.46. The van der Waals surface area contributed by atoms with Crippen molar-refractivity contribution in [3.05, 3.63) is 98.6 Å². The third-order valence-electron chi connectivity index (χ3n) is 5.26. The maximum atomic E-state index is 12.7. The van der Waals surface area contributed by atoms with Gasteiger partial charge in [-0.05, 0) is 48.7 Å². The Morgan fingerprint density at radius 2 is 1.85 bits per heavy atom. The number of nitrogens with one attached hydrogen (secondary N) is 1. The van der Waals surface area contributed by atoms with Gasteiger partial charge in [-0.2, -0.15) is 5.26 Å². The summed E-state index contributed by atoms with van der Waals surface area (Å²) >= 11 is 0. The van der Waals surface area contributed by atoms with Crippen LogP contribution in [0.5, 0.6) is 11.5 Å². The molecule has 0 atom stereocenters. The maximum Gasteiger partial charge on any atom is 0.280 e. The Labute approximate surface area is 197 Å². The van der Waals surface area contributed by atoms with Crippen molar-refractivity contribution in [2.75, 3.05) is 12.4 Å². The molecule has 0 aliphatic carbocycles. The van der Waals surface area contributed by atoms with Gasteiger partial charge in [0.25, 0.3) is 11.6 Å². The molecule has 0 unspecified atom stereocenters. The minimum Gasteiger partial charge on any atom is -0.493 e. The normalized spacial score (nSPS) is 10.8. The van der Waals surface area contributed by atoms with Crippen molar-refractivity contribution in [2.24, 2.45) is 0 Å². The summed E-state index contributed by atoms with van der Waals surface area (Å²) in [5, 5.41) is 24.0. The minimum atomic E-state index is -0.672. The molecule has 0 aliphatic heterocycles. The second-order valence-corrected chi connectivity index (χ2v) is 7.46. The fourth-order valence-corrected chi connectivity index (χ4v) is 3.23. The van der Waals surface area contributed by atoms with E-state index < -0.39 is 10.8 Å². The zero-order valence-corrected chi connectivity index (χ0v) is 19.0. The summed E-state index contributed by atoms with van der Waals surface area (Å²) in [6, 6.07) is 19.2. The van der Waals surface area contributed by atoms with E-state index in [1.165, 1.54) is 25.3 Å². The fraction of sp³-hybridized carbons (Fsp3) is 0.154. The van der Waals surface area contributed by atoms with Gasteiger partial charge in [-0.1, -0.05) is 42.5 Å². The van der Waals surface area contributed by atoms with Crippen molar-refractivity contribution in [2.45, 2.75) is 20.5 Å². The van der Waals surface area contributed by atoms with Gasteiger partial charge in [-0.15, -0.1) is 0 Å². The molecule has 34 heavy (non-hydrogen) atoms. The van der Waals surface area contributed by atoms with Crippen LogP contribution >= 0.6 is 0 Å². The van der Waals surface area contributed by atoms with Gasteiger partial charge in [0, 0.05) is 5.69 Å². The average Bonchev–Trinajstić information content (AvgIpc) is 2.84. The van der Waals surface area contributed by atoms with E-state index in [2.05, 4.69) is 5.32 Å². The predicted octanol–water partition coefficient (Wildman–Crippen LogP) is 5.34. The molecule has 0 fully saturated rings. The fourth-order valence-electron chi connectivity index (χ4n) is 3.23. The molecule has 0 bridgehead atoms. The van der Waals surface area contributed by atoms with Crippen molar-refractivity contribution in [1.29, 1.82) is 5.26 Å². The molecule has 8 heteroatoms. The summed E-state index contributed by atoms with van der Waals surface area (Å²) in [4.78, 5) is 23.9. The first-order valence-corrected chi connectivity index (χ1v) is 10.4. The number of amides is 1. The van der Waals surface area contributed by atoms with Crippen LogP contribution in [0, 0.1) is 35.3 Å². The number of methoxy groups -OCH3 is 1. The summed E-state index contributed by atoms with van der Waals surface area (Å²) in [7, 11) is 1.41. The number of anilines is 1. The highest BCUT2D eigenvalue weighted by atomic mass is 16.6. The van der Waals surface area contributed by atoms with Gasteiger partial charge in [-0.3, -0.25) is 14.9 Å². The quantitative estimate of drug-likeness (QED) is 0.211. The van der Waals surface area contributed by atoms with Crippen LogP contribution < -0.4 is 14.8 Å². The van der Waals surface area contributed by atoms with Gasteiger partial charge < -0.3 is 14.8 Å². The molecule has 0 heterocycles. The first-order valence-electron chi connectivity index (χ1n) is 10.4. The Morgan fingerprint density at radius 1 is 1.12 bits per heavy atom. The van der Waals surface area contributed by atoms with Crippen LogP contribution in [0.15, 0.2) is 66.2 Å². The molecule has 0 saturated heterocycles. The lowest BCUT2D eigenvalue weighted by atomic mass is 10.1. The zero-order chi connectivity index (χ0) is 24.7. The highest BCUT2D eigenvalue weighted by molar-refractivity contribution is 6.10. The van der Waals surface area contributed by atoms with Crippen LogP contribution in [0.25, 0.3) is 6.08 Å². The number of hydrogen-bond donors (Lipinski definition) is 1. The smallest absolute Gasteiger partial charge is 0.280 e. The third-order valence-corrected chi connectivity index (χ3v) is 5.26. The first kappa shape index (κ1) is 24.0. The zero-order valence-electron chi connectivity index (χ0n) is 19.0. The van der Waals surface area contributed by atoms with Crippen molar-refractivity contribution in [3.63, 3.8) is 0 Å². The van der Waals surface area contributed by atoms with Gasteiger partial charge in [0.05, 0.1) is 23.7 Å². The van der Waals surface area contributed by atoms with Crippen molar-refractivity contribution < 1.29 is 19.2 Å². The molecular formula is C26H23N3O5. The van der Waals surface area contributed by atoms with Crippen LogP contribution in [0.4, 0.5) is 11.4 Å². The molecule has 1 N–H and O–H groups in total. The largest absolute Gasteiger partial charge is 0.493 e. The number of carbonyl (C=O) groups is 1.